The van der Waals surface area contributed by atoms with E-state index < -0.39 is 10.0 Å². The van der Waals surface area contributed by atoms with Gasteiger partial charge in [0.25, 0.3) is 0 Å². The number of nitrogens with one attached hydrogen (secondary N) is 1. The molecule has 0 aliphatic rings. The first-order chi connectivity index (χ1) is 9.47. The third kappa shape index (κ3) is 3.83. The van der Waals surface area contributed by atoms with Gasteiger partial charge in [0.2, 0.25) is 10.0 Å². The SMILES string of the molecule is CC(NCc1cccnn1)c1cccc(S(N)(=O)=O)c1. The third-order valence-corrected chi connectivity index (χ3v) is 3.81. The monoisotopic (exact) mass is 292 g/mol. The van der Waals surface area contributed by atoms with Crippen LogP contribution < -0.4 is 10.5 Å². The zero-order valence-electron chi connectivity index (χ0n) is 11.0. The van der Waals surface area contributed by atoms with Crippen LogP contribution in [-0.4, -0.2) is 18.6 Å². The van der Waals surface area contributed by atoms with Crippen molar-refractivity contribution in [1.82, 2.24) is 15.5 Å². The van der Waals surface area contributed by atoms with E-state index in [9.17, 15) is 8.42 Å². The molecule has 0 saturated carbocycles. The van der Waals surface area contributed by atoms with Crippen molar-refractivity contribution in [3.8, 4) is 0 Å². The van der Waals surface area contributed by atoms with Crippen LogP contribution in [0.1, 0.15) is 24.2 Å². The van der Waals surface area contributed by atoms with Crippen molar-refractivity contribution in [3.63, 3.8) is 0 Å². The molecule has 2 aromatic rings. The van der Waals surface area contributed by atoms with Crippen LogP contribution in [0.2, 0.25) is 0 Å². The van der Waals surface area contributed by atoms with E-state index in [0.29, 0.717) is 6.54 Å². The summed E-state index contributed by atoms with van der Waals surface area (Å²) in [5.74, 6) is 0. The minimum absolute atomic E-state index is 0.0290. The van der Waals surface area contributed by atoms with E-state index in [1.807, 2.05) is 25.1 Å². The summed E-state index contributed by atoms with van der Waals surface area (Å²) in [6, 6.07) is 10.2. The second kappa shape index (κ2) is 6.08. The molecule has 0 saturated heterocycles. The van der Waals surface area contributed by atoms with Crippen molar-refractivity contribution in [1.29, 1.82) is 0 Å². The lowest BCUT2D eigenvalue weighted by atomic mass is 10.1. The number of hydrogen-bond donors (Lipinski definition) is 2. The fourth-order valence-electron chi connectivity index (χ4n) is 1.76. The molecule has 1 atom stereocenters. The van der Waals surface area contributed by atoms with Crippen molar-refractivity contribution in [3.05, 3.63) is 53.9 Å². The molecular formula is C13H16N4O2S. The molecule has 1 unspecified atom stereocenters. The molecular weight excluding hydrogens is 276 g/mol. The summed E-state index contributed by atoms with van der Waals surface area (Å²) in [6.07, 6.45) is 1.61. The van der Waals surface area contributed by atoms with Gasteiger partial charge >= 0.3 is 0 Å². The summed E-state index contributed by atoms with van der Waals surface area (Å²) >= 11 is 0. The number of sulfonamides is 1. The highest BCUT2D eigenvalue weighted by atomic mass is 32.2. The van der Waals surface area contributed by atoms with Crippen LogP contribution in [0, 0.1) is 0 Å². The highest BCUT2D eigenvalue weighted by Crippen LogP contribution is 2.16. The highest BCUT2D eigenvalue weighted by Gasteiger charge is 2.11. The Morgan fingerprint density at radius 1 is 1.30 bits per heavy atom. The second-order valence-electron chi connectivity index (χ2n) is 4.44. The maximum Gasteiger partial charge on any atom is 0.238 e. The van der Waals surface area contributed by atoms with Gasteiger partial charge in [-0.25, -0.2) is 13.6 Å². The molecule has 1 aromatic carbocycles. The standard InChI is InChI=1S/C13H16N4O2S/c1-10(15-9-12-5-3-7-16-17-12)11-4-2-6-13(8-11)20(14,18)19/h2-8,10,15H,9H2,1H3,(H2,14,18,19). The number of rotatable bonds is 5. The molecule has 2 rings (SSSR count). The number of benzene rings is 1. The molecule has 0 aliphatic heterocycles. The molecule has 7 heteroatoms. The molecule has 6 nitrogen and oxygen atoms in total. The van der Waals surface area contributed by atoms with Crippen LogP contribution in [0.5, 0.6) is 0 Å². The van der Waals surface area contributed by atoms with Crippen LogP contribution in [0.15, 0.2) is 47.5 Å². The van der Waals surface area contributed by atoms with E-state index >= 15 is 0 Å². The Morgan fingerprint density at radius 3 is 2.75 bits per heavy atom. The van der Waals surface area contributed by atoms with E-state index in [1.165, 1.54) is 6.07 Å². The first kappa shape index (κ1) is 14.6. The predicted octanol–water partition coefficient (Wildman–Crippen LogP) is 0.975. The molecule has 0 bridgehead atoms. The maximum absolute atomic E-state index is 11.3. The topological polar surface area (TPSA) is 98.0 Å². The Labute approximate surface area is 118 Å². The number of nitrogens with zero attached hydrogens (tertiary/aromatic N) is 2. The lowest BCUT2D eigenvalue weighted by Gasteiger charge is -2.14. The number of nitrogens with two attached hydrogens (primary N) is 1. The fraction of sp³-hybridized carbons (Fsp3) is 0.231. The molecule has 0 radical (unpaired) electrons. The Hall–Kier alpha value is -1.83. The summed E-state index contributed by atoms with van der Waals surface area (Å²) in [4.78, 5) is 0.114. The Kier molecular flexibility index (Phi) is 4.43. The van der Waals surface area contributed by atoms with Crippen LogP contribution in [0.4, 0.5) is 0 Å². The maximum atomic E-state index is 11.3. The van der Waals surface area contributed by atoms with Crippen molar-refractivity contribution < 1.29 is 8.42 Å². The lowest BCUT2D eigenvalue weighted by molar-refractivity contribution is 0.562. The van der Waals surface area contributed by atoms with Crippen molar-refractivity contribution in [2.75, 3.05) is 0 Å². The van der Waals surface area contributed by atoms with Crippen molar-refractivity contribution in [2.45, 2.75) is 24.4 Å². The smallest absolute Gasteiger partial charge is 0.238 e. The van der Waals surface area contributed by atoms with Crippen LogP contribution >= 0.6 is 0 Å². The number of primary sulfonamides is 1. The number of hydrogen-bond acceptors (Lipinski definition) is 5. The number of aromatic nitrogens is 2. The summed E-state index contributed by atoms with van der Waals surface area (Å²) < 4.78 is 22.7. The van der Waals surface area contributed by atoms with E-state index in [2.05, 4.69) is 15.5 Å². The first-order valence-electron chi connectivity index (χ1n) is 6.09. The molecule has 1 heterocycles. The Morgan fingerprint density at radius 2 is 2.10 bits per heavy atom. The minimum Gasteiger partial charge on any atom is -0.304 e. The fourth-order valence-corrected chi connectivity index (χ4v) is 2.33. The van der Waals surface area contributed by atoms with Gasteiger partial charge in [0.05, 0.1) is 10.6 Å². The molecule has 106 valence electrons. The van der Waals surface area contributed by atoms with Crippen LogP contribution in [0.25, 0.3) is 0 Å². The van der Waals surface area contributed by atoms with Gasteiger partial charge in [-0.05, 0) is 36.8 Å². The summed E-state index contributed by atoms with van der Waals surface area (Å²) in [6.45, 7) is 2.49. The minimum atomic E-state index is -3.68. The molecule has 0 aliphatic carbocycles. The van der Waals surface area contributed by atoms with E-state index in [4.69, 9.17) is 5.14 Å². The van der Waals surface area contributed by atoms with E-state index in [0.717, 1.165) is 11.3 Å². The summed E-state index contributed by atoms with van der Waals surface area (Å²) in [7, 11) is -3.68. The van der Waals surface area contributed by atoms with Gasteiger partial charge in [0.15, 0.2) is 0 Å². The van der Waals surface area contributed by atoms with Gasteiger partial charge in [-0.3, -0.25) is 0 Å². The van der Waals surface area contributed by atoms with Crippen molar-refractivity contribution in [2.24, 2.45) is 5.14 Å². The van der Waals surface area contributed by atoms with Gasteiger partial charge in [-0.15, -0.1) is 0 Å². The predicted molar refractivity (Wildman–Crippen MR) is 75.1 cm³/mol. The van der Waals surface area contributed by atoms with Crippen LogP contribution in [-0.2, 0) is 16.6 Å². The normalized spacial score (nSPS) is 13.1. The molecule has 3 N–H and O–H groups in total. The van der Waals surface area contributed by atoms with Gasteiger partial charge in [-0.1, -0.05) is 12.1 Å². The van der Waals surface area contributed by atoms with E-state index in [1.54, 1.807) is 18.3 Å². The average molecular weight is 292 g/mol. The second-order valence-corrected chi connectivity index (χ2v) is 6.00. The van der Waals surface area contributed by atoms with Gasteiger partial charge < -0.3 is 5.32 Å². The quantitative estimate of drug-likeness (QED) is 0.856. The molecule has 1 aromatic heterocycles. The van der Waals surface area contributed by atoms with Crippen LogP contribution in [0.3, 0.4) is 0 Å². The third-order valence-electron chi connectivity index (χ3n) is 2.90. The van der Waals surface area contributed by atoms with Crippen molar-refractivity contribution >= 4 is 10.0 Å². The molecule has 0 fully saturated rings. The average Bonchev–Trinajstić information content (AvgIpc) is 2.45. The van der Waals surface area contributed by atoms with Gasteiger partial charge in [-0.2, -0.15) is 10.2 Å². The lowest BCUT2D eigenvalue weighted by Crippen LogP contribution is -2.20. The Bertz CT molecular complexity index is 674. The Balaban J connectivity index is 2.08. The van der Waals surface area contributed by atoms with Gasteiger partial charge in [0, 0.05) is 18.8 Å². The first-order valence-corrected chi connectivity index (χ1v) is 7.64. The zero-order chi connectivity index (χ0) is 14.6. The summed E-state index contributed by atoms with van der Waals surface area (Å²) in [5, 5.41) is 16.1. The largest absolute Gasteiger partial charge is 0.304 e. The molecule has 0 amide bonds. The zero-order valence-corrected chi connectivity index (χ0v) is 11.8. The molecule has 20 heavy (non-hydrogen) atoms. The summed E-state index contributed by atoms with van der Waals surface area (Å²) in [5.41, 5.74) is 1.67. The highest BCUT2D eigenvalue weighted by molar-refractivity contribution is 7.89. The van der Waals surface area contributed by atoms with E-state index in [-0.39, 0.29) is 10.9 Å². The van der Waals surface area contributed by atoms with Gasteiger partial charge in [0.1, 0.15) is 0 Å². The molecule has 0 spiro atoms.